The summed E-state index contributed by atoms with van der Waals surface area (Å²) in [6.45, 7) is 0. The van der Waals surface area contributed by atoms with Crippen LogP contribution in [0.15, 0.2) is 24.3 Å². The van der Waals surface area contributed by atoms with Gasteiger partial charge in [0.25, 0.3) is 0 Å². The molecule has 11 heavy (non-hydrogen) atoms. The summed E-state index contributed by atoms with van der Waals surface area (Å²) in [6, 6.07) is 6.41. The molecule has 0 saturated heterocycles. The highest BCUT2D eigenvalue weighted by atomic mass is 35.5. The molecule has 1 aromatic carbocycles. The molecule has 0 atom stereocenters. The van der Waals surface area contributed by atoms with Crippen LogP contribution >= 0.6 is 11.6 Å². The first-order valence-electron chi connectivity index (χ1n) is 3.74. The summed E-state index contributed by atoms with van der Waals surface area (Å²) < 4.78 is 0. The highest BCUT2D eigenvalue weighted by molar-refractivity contribution is 6.17. The van der Waals surface area contributed by atoms with Gasteiger partial charge in [-0.2, -0.15) is 0 Å². The smallest absolute Gasteiger partial charge is 0.0474 e. The minimum absolute atomic E-state index is 0.612. The maximum Gasteiger partial charge on any atom is 0.0474 e. The average molecular weight is 165 g/mol. The molecule has 0 bridgehead atoms. The Labute approximate surface area is 71.5 Å². The number of halogens is 1. The van der Waals surface area contributed by atoms with Crippen LogP contribution in [0, 0.1) is 0 Å². The maximum atomic E-state index is 5.70. The van der Waals surface area contributed by atoms with Gasteiger partial charge in [-0.15, -0.1) is 11.6 Å². The van der Waals surface area contributed by atoms with Crippen LogP contribution in [0.25, 0.3) is 6.08 Å². The largest absolute Gasteiger partial charge is 0.122 e. The van der Waals surface area contributed by atoms with Gasteiger partial charge in [0.1, 0.15) is 0 Å². The van der Waals surface area contributed by atoms with Gasteiger partial charge in [-0.25, -0.2) is 0 Å². The first-order chi connectivity index (χ1) is 5.40. The zero-order valence-corrected chi connectivity index (χ0v) is 6.93. The second-order valence-electron chi connectivity index (χ2n) is 2.77. The van der Waals surface area contributed by atoms with E-state index in [2.05, 4.69) is 30.4 Å². The Bertz CT molecular complexity index is 300. The van der Waals surface area contributed by atoms with E-state index in [0.717, 1.165) is 6.42 Å². The number of rotatable bonds is 1. The fourth-order valence-electron chi connectivity index (χ4n) is 1.38. The molecule has 1 aromatic rings. The molecule has 1 heteroatoms. The zero-order chi connectivity index (χ0) is 7.68. The summed E-state index contributed by atoms with van der Waals surface area (Å²) in [5.41, 5.74) is 3.96. The second kappa shape index (κ2) is 2.71. The molecular formula is C10H9Cl. The van der Waals surface area contributed by atoms with E-state index in [4.69, 9.17) is 11.6 Å². The van der Waals surface area contributed by atoms with Crippen LogP contribution in [-0.4, -0.2) is 0 Å². The molecule has 0 amide bonds. The lowest BCUT2D eigenvalue weighted by molar-refractivity contribution is 1.28. The minimum atomic E-state index is 0.612. The average Bonchev–Trinajstić information content (AvgIpc) is 2.50. The molecule has 56 valence electrons. The SMILES string of the molecule is ClCc1ccc2c(c1)C=CC2. The van der Waals surface area contributed by atoms with E-state index in [1.165, 1.54) is 16.7 Å². The number of fused-ring (bicyclic) bond motifs is 1. The summed E-state index contributed by atoms with van der Waals surface area (Å²) in [7, 11) is 0. The molecule has 0 aromatic heterocycles. The molecule has 0 nitrogen and oxygen atoms in total. The van der Waals surface area contributed by atoms with Gasteiger partial charge in [-0.3, -0.25) is 0 Å². The number of alkyl halides is 1. The van der Waals surface area contributed by atoms with Gasteiger partial charge in [0.05, 0.1) is 0 Å². The van der Waals surface area contributed by atoms with Gasteiger partial charge in [0.2, 0.25) is 0 Å². The van der Waals surface area contributed by atoms with Crippen molar-refractivity contribution in [3.8, 4) is 0 Å². The molecule has 0 heterocycles. The van der Waals surface area contributed by atoms with Gasteiger partial charge >= 0.3 is 0 Å². The van der Waals surface area contributed by atoms with E-state index < -0.39 is 0 Å². The first kappa shape index (κ1) is 6.93. The lowest BCUT2D eigenvalue weighted by Gasteiger charge is -1.99. The van der Waals surface area contributed by atoms with E-state index in [-0.39, 0.29) is 0 Å². The predicted octanol–water partition coefficient (Wildman–Crippen LogP) is 2.99. The Morgan fingerprint density at radius 1 is 1.36 bits per heavy atom. The summed E-state index contributed by atoms with van der Waals surface area (Å²) in [4.78, 5) is 0. The van der Waals surface area contributed by atoms with Crippen LogP contribution in [0.5, 0.6) is 0 Å². The zero-order valence-electron chi connectivity index (χ0n) is 6.18. The summed E-state index contributed by atoms with van der Waals surface area (Å²) in [6.07, 6.45) is 5.42. The molecule has 1 aliphatic carbocycles. The molecule has 1 aliphatic rings. The second-order valence-corrected chi connectivity index (χ2v) is 3.04. The predicted molar refractivity (Wildman–Crippen MR) is 48.7 cm³/mol. The number of hydrogen-bond acceptors (Lipinski definition) is 0. The standard InChI is InChI=1S/C10H9Cl/c11-7-8-4-5-9-2-1-3-10(9)6-8/h1,3-6H,2,7H2. The first-order valence-corrected chi connectivity index (χ1v) is 4.28. The Kier molecular flexibility index (Phi) is 1.71. The molecule has 0 fully saturated rings. The molecule has 2 rings (SSSR count). The van der Waals surface area contributed by atoms with Crippen LogP contribution < -0.4 is 0 Å². The van der Waals surface area contributed by atoms with Crippen molar-refractivity contribution in [3.05, 3.63) is 41.0 Å². The van der Waals surface area contributed by atoms with Crippen LogP contribution in [-0.2, 0) is 12.3 Å². The van der Waals surface area contributed by atoms with Crippen LogP contribution in [0.2, 0.25) is 0 Å². The number of benzene rings is 1. The number of hydrogen-bond donors (Lipinski definition) is 0. The van der Waals surface area contributed by atoms with E-state index in [0.29, 0.717) is 5.88 Å². The Morgan fingerprint density at radius 3 is 3.09 bits per heavy atom. The quantitative estimate of drug-likeness (QED) is 0.560. The lowest BCUT2D eigenvalue weighted by atomic mass is 10.1. The van der Waals surface area contributed by atoms with Gasteiger partial charge in [-0.1, -0.05) is 30.4 Å². The van der Waals surface area contributed by atoms with Crippen LogP contribution in [0.4, 0.5) is 0 Å². The molecule has 0 aliphatic heterocycles. The Hall–Kier alpha value is -0.750. The monoisotopic (exact) mass is 164 g/mol. The third-order valence-corrected chi connectivity index (χ3v) is 2.31. The van der Waals surface area contributed by atoms with Crippen molar-refractivity contribution in [2.45, 2.75) is 12.3 Å². The van der Waals surface area contributed by atoms with Crippen molar-refractivity contribution in [1.29, 1.82) is 0 Å². The minimum Gasteiger partial charge on any atom is -0.122 e. The van der Waals surface area contributed by atoms with Gasteiger partial charge in [0, 0.05) is 5.88 Å². The lowest BCUT2D eigenvalue weighted by Crippen LogP contribution is -1.83. The number of allylic oxidation sites excluding steroid dienone is 1. The Morgan fingerprint density at radius 2 is 2.27 bits per heavy atom. The van der Waals surface area contributed by atoms with Crippen molar-refractivity contribution in [2.24, 2.45) is 0 Å². The van der Waals surface area contributed by atoms with Crippen molar-refractivity contribution in [2.75, 3.05) is 0 Å². The van der Waals surface area contributed by atoms with Crippen molar-refractivity contribution in [3.63, 3.8) is 0 Å². The fraction of sp³-hybridized carbons (Fsp3) is 0.200. The molecule has 0 radical (unpaired) electrons. The van der Waals surface area contributed by atoms with Crippen LogP contribution in [0.1, 0.15) is 16.7 Å². The maximum absolute atomic E-state index is 5.70. The van der Waals surface area contributed by atoms with Crippen molar-refractivity contribution >= 4 is 17.7 Å². The van der Waals surface area contributed by atoms with Crippen LogP contribution in [0.3, 0.4) is 0 Å². The van der Waals surface area contributed by atoms with Gasteiger partial charge in [-0.05, 0) is 23.1 Å². The summed E-state index contributed by atoms with van der Waals surface area (Å²) in [5, 5.41) is 0. The van der Waals surface area contributed by atoms with E-state index in [1.54, 1.807) is 0 Å². The summed E-state index contributed by atoms with van der Waals surface area (Å²) >= 11 is 5.70. The highest BCUT2D eigenvalue weighted by Crippen LogP contribution is 2.21. The fourth-order valence-corrected chi connectivity index (χ4v) is 1.55. The van der Waals surface area contributed by atoms with E-state index in [9.17, 15) is 0 Å². The molecule has 0 spiro atoms. The van der Waals surface area contributed by atoms with Crippen molar-refractivity contribution in [1.82, 2.24) is 0 Å². The molecule has 0 saturated carbocycles. The Balaban J connectivity index is 2.47. The molecule has 0 N–H and O–H groups in total. The summed E-state index contributed by atoms with van der Waals surface area (Å²) in [5.74, 6) is 0.612. The van der Waals surface area contributed by atoms with Crippen molar-refractivity contribution < 1.29 is 0 Å². The topological polar surface area (TPSA) is 0 Å². The van der Waals surface area contributed by atoms with Gasteiger partial charge in [0.15, 0.2) is 0 Å². The van der Waals surface area contributed by atoms with E-state index >= 15 is 0 Å². The third kappa shape index (κ3) is 1.19. The molecular weight excluding hydrogens is 156 g/mol. The third-order valence-electron chi connectivity index (χ3n) is 2.00. The highest BCUT2D eigenvalue weighted by Gasteiger charge is 2.03. The van der Waals surface area contributed by atoms with Gasteiger partial charge < -0.3 is 0 Å². The molecule has 0 unspecified atom stereocenters. The van der Waals surface area contributed by atoms with E-state index in [1.807, 2.05) is 0 Å². The normalized spacial score (nSPS) is 13.5.